The first kappa shape index (κ1) is 17.4. The Balaban J connectivity index is 1.66. The van der Waals surface area contributed by atoms with Crippen molar-refractivity contribution in [2.45, 2.75) is 6.61 Å². The van der Waals surface area contributed by atoms with Gasteiger partial charge in [0.15, 0.2) is 0 Å². The molecule has 1 heterocycles. The molecule has 1 amide bonds. The lowest BCUT2D eigenvalue weighted by Crippen LogP contribution is -2.19. The Morgan fingerprint density at radius 2 is 1.88 bits per heavy atom. The van der Waals surface area contributed by atoms with Crippen molar-refractivity contribution in [2.24, 2.45) is 7.05 Å². The molecule has 5 nitrogen and oxygen atoms in total. The van der Waals surface area contributed by atoms with Crippen LogP contribution in [0.1, 0.15) is 15.9 Å². The number of pyridine rings is 1. The average Bonchev–Trinajstić information content (AvgIpc) is 2.64. The van der Waals surface area contributed by atoms with Gasteiger partial charge in [0.05, 0.1) is 0 Å². The van der Waals surface area contributed by atoms with Gasteiger partial charge in [0.25, 0.3) is 11.5 Å². The van der Waals surface area contributed by atoms with E-state index in [9.17, 15) is 14.0 Å². The highest BCUT2D eigenvalue weighted by Gasteiger charge is 2.08. The summed E-state index contributed by atoms with van der Waals surface area (Å²) in [6.07, 6.45) is 1.54. The van der Waals surface area contributed by atoms with Crippen LogP contribution in [0, 0.1) is 5.82 Å². The number of benzene rings is 2. The Morgan fingerprint density at radius 3 is 2.62 bits per heavy atom. The maximum atomic E-state index is 12.9. The molecule has 1 N–H and O–H groups in total. The van der Waals surface area contributed by atoms with Gasteiger partial charge in [-0.05, 0) is 35.9 Å². The second-order valence-electron chi connectivity index (χ2n) is 5.76. The molecule has 0 aliphatic heterocycles. The summed E-state index contributed by atoms with van der Waals surface area (Å²) < 4.78 is 20.0. The van der Waals surface area contributed by atoms with Crippen LogP contribution in [0.25, 0.3) is 0 Å². The number of carbonyl (C=O) groups is 1. The SMILES string of the molecule is Cn1ccc(C(=O)Nc2cccc(OCc3ccc(F)cc3)c2)cc1=O. The lowest BCUT2D eigenvalue weighted by molar-refractivity contribution is 0.102. The number of rotatable bonds is 5. The minimum absolute atomic E-state index is 0.256. The van der Waals surface area contributed by atoms with Crippen LogP contribution in [0.5, 0.6) is 5.75 Å². The van der Waals surface area contributed by atoms with Gasteiger partial charge in [-0.25, -0.2) is 4.39 Å². The van der Waals surface area contributed by atoms with E-state index in [1.807, 2.05) is 0 Å². The summed E-state index contributed by atoms with van der Waals surface area (Å²) in [5, 5.41) is 2.73. The second-order valence-corrected chi connectivity index (χ2v) is 5.76. The van der Waals surface area contributed by atoms with Crippen molar-refractivity contribution in [3.05, 3.63) is 94.2 Å². The van der Waals surface area contributed by atoms with Gasteiger partial charge in [-0.15, -0.1) is 0 Å². The zero-order valence-electron chi connectivity index (χ0n) is 14.1. The van der Waals surface area contributed by atoms with Gasteiger partial charge < -0.3 is 14.6 Å². The van der Waals surface area contributed by atoms with Gasteiger partial charge in [0, 0.05) is 36.6 Å². The number of nitrogens with zero attached hydrogens (tertiary/aromatic N) is 1. The van der Waals surface area contributed by atoms with E-state index in [1.54, 1.807) is 55.7 Å². The normalized spacial score (nSPS) is 10.4. The van der Waals surface area contributed by atoms with E-state index in [4.69, 9.17) is 4.74 Å². The van der Waals surface area contributed by atoms with Crippen LogP contribution >= 0.6 is 0 Å². The minimum Gasteiger partial charge on any atom is -0.489 e. The highest BCUT2D eigenvalue weighted by Crippen LogP contribution is 2.19. The molecule has 0 saturated carbocycles. The van der Waals surface area contributed by atoms with Crippen molar-refractivity contribution >= 4 is 11.6 Å². The lowest BCUT2D eigenvalue weighted by atomic mass is 10.2. The van der Waals surface area contributed by atoms with Crippen molar-refractivity contribution in [1.82, 2.24) is 4.57 Å². The van der Waals surface area contributed by atoms with Crippen LogP contribution in [-0.4, -0.2) is 10.5 Å². The molecular weight excluding hydrogens is 335 g/mol. The third-order valence-electron chi connectivity index (χ3n) is 3.78. The predicted octanol–water partition coefficient (Wildman–Crippen LogP) is 3.36. The number of hydrogen-bond acceptors (Lipinski definition) is 3. The van der Waals surface area contributed by atoms with Crippen molar-refractivity contribution in [1.29, 1.82) is 0 Å². The zero-order valence-corrected chi connectivity index (χ0v) is 14.1. The molecule has 0 fully saturated rings. The molecule has 3 rings (SSSR count). The molecule has 132 valence electrons. The summed E-state index contributed by atoms with van der Waals surface area (Å²) in [5.74, 6) is -0.108. The van der Waals surface area contributed by atoms with Gasteiger partial charge >= 0.3 is 0 Å². The topological polar surface area (TPSA) is 60.3 Å². The van der Waals surface area contributed by atoms with Gasteiger partial charge in [-0.1, -0.05) is 18.2 Å². The summed E-state index contributed by atoms with van der Waals surface area (Å²) in [4.78, 5) is 23.9. The third-order valence-corrected chi connectivity index (χ3v) is 3.78. The van der Waals surface area contributed by atoms with Crippen molar-refractivity contribution in [3.63, 3.8) is 0 Å². The smallest absolute Gasteiger partial charge is 0.255 e. The Labute approximate surface area is 149 Å². The highest BCUT2D eigenvalue weighted by molar-refractivity contribution is 6.04. The van der Waals surface area contributed by atoms with Crippen LogP contribution in [0.3, 0.4) is 0 Å². The number of amides is 1. The van der Waals surface area contributed by atoms with Crippen LogP contribution in [0.4, 0.5) is 10.1 Å². The predicted molar refractivity (Wildman–Crippen MR) is 96.8 cm³/mol. The van der Waals surface area contributed by atoms with E-state index in [2.05, 4.69) is 5.32 Å². The van der Waals surface area contributed by atoms with Crippen molar-refractivity contribution in [2.75, 3.05) is 5.32 Å². The molecule has 0 radical (unpaired) electrons. The molecule has 0 spiro atoms. The van der Waals surface area contributed by atoms with Gasteiger partial charge in [-0.2, -0.15) is 0 Å². The van der Waals surface area contributed by atoms with E-state index in [0.717, 1.165) is 5.56 Å². The van der Waals surface area contributed by atoms with Gasteiger partial charge in [0.1, 0.15) is 18.2 Å². The molecule has 3 aromatic rings. The van der Waals surface area contributed by atoms with E-state index < -0.39 is 0 Å². The summed E-state index contributed by atoms with van der Waals surface area (Å²) in [6, 6.07) is 15.8. The molecule has 0 saturated heterocycles. The molecule has 0 unspecified atom stereocenters. The fourth-order valence-electron chi connectivity index (χ4n) is 2.30. The monoisotopic (exact) mass is 352 g/mol. The fourth-order valence-corrected chi connectivity index (χ4v) is 2.30. The highest BCUT2D eigenvalue weighted by atomic mass is 19.1. The number of halogens is 1. The number of nitrogens with one attached hydrogen (secondary N) is 1. The maximum absolute atomic E-state index is 12.9. The standard InChI is InChI=1S/C20H17FN2O3/c1-23-10-9-15(11-19(23)24)20(25)22-17-3-2-4-18(12-17)26-13-14-5-7-16(21)8-6-14/h2-12H,13H2,1H3,(H,22,25). The maximum Gasteiger partial charge on any atom is 0.255 e. The van der Waals surface area contributed by atoms with Crippen LogP contribution < -0.4 is 15.6 Å². The first-order chi connectivity index (χ1) is 12.5. The van der Waals surface area contributed by atoms with E-state index >= 15 is 0 Å². The quantitative estimate of drug-likeness (QED) is 0.766. The second kappa shape index (κ2) is 7.65. The van der Waals surface area contributed by atoms with Crippen LogP contribution in [-0.2, 0) is 13.7 Å². The van der Waals surface area contributed by atoms with Crippen molar-refractivity contribution in [3.8, 4) is 5.75 Å². The first-order valence-electron chi connectivity index (χ1n) is 7.96. The summed E-state index contributed by atoms with van der Waals surface area (Å²) in [7, 11) is 1.62. The van der Waals surface area contributed by atoms with Gasteiger partial charge in [-0.3, -0.25) is 9.59 Å². The third kappa shape index (κ3) is 4.36. The number of anilines is 1. The molecular formula is C20H17FN2O3. The number of aryl methyl sites for hydroxylation is 1. The Bertz CT molecular complexity index is 981. The minimum atomic E-state index is -0.376. The molecule has 0 atom stereocenters. The first-order valence-corrected chi connectivity index (χ1v) is 7.96. The molecule has 0 aliphatic carbocycles. The molecule has 1 aromatic heterocycles. The van der Waals surface area contributed by atoms with E-state index in [-0.39, 0.29) is 29.5 Å². The Kier molecular flexibility index (Phi) is 5.12. The number of hydrogen-bond donors (Lipinski definition) is 1. The molecule has 0 bridgehead atoms. The Hall–Kier alpha value is -3.41. The number of carbonyl (C=O) groups excluding carboxylic acids is 1. The van der Waals surface area contributed by atoms with E-state index in [1.165, 1.54) is 22.8 Å². The fraction of sp³-hybridized carbons (Fsp3) is 0.100. The lowest BCUT2D eigenvalue weighted by Gasteiger charge is -2.10. The zero-order chi connectivity index (χ0) is 18.5. The number of ether oxygens (including phenoxy) is 1. The largest absolute Gasteiger partial charge is 0.489 e. The molecule has 26 heavy (non-hydrogen) atoms. The number of aromatic nitrogens is 1. The van der Waals surface area contributed by atoms with Crippen molar-refractivity contribution < 1.29 is 13.9 Å². The molecule has 6 heteroatoms. The summed E-state index contributed by atoms with van der Waals surface area (Å²) in [6.45, 7) is 0.284. The van der Waals surface area contributed by atoms with Crippen LogP contribution in [0.15, 0.2) is 71.7 Å². The van der Waals surface area contributed by atoms with Gasteiger partial charge in [0.2, 0.25) is 0 Å². The Morgan fingerprint density at radius 1 is 1.12 bits per heavy atom. The average molecular weight is 352 g/mol. The van der Waals surface area contributed by atoms with Crippen LogP contribution in [0.2, 0.25) is 0 Å². The molecule has 0 aliphatic rings. The summed E-state index contributed by atoms with van der Waals surface area (Å²) in [5.41, 5.74) is 1.41. The molecule has 2 aromatic carbocycles. The summed E-state index contributed by atoms with van der Waals surface area (Å²) >= 11 is 0. The van der Waals surface area contributed by atoms with E-state index in [0.29, 0.717) is 11.4 Å².